The lowest BCUT2D eigenvalue weighted by molar-refractivity contribution is -0.132. The van der Waals surface area contributed by atoms with Gasteiger partial charge in [0.1, 0.15) is 0 Å². The minimum atomic E-state index is 0.0604. The van der Waals surface area contributed by atoms with E-state index in [9.17, 15) is 9.59 Å². The van der Waals surface area contributed by atoms with Crippen molar-refractivity contribution < 1.29 is 9.59 Å². The number of nitrogens with zero attached hydrogens (tertiary/aromatic N) is 1. The number of unbranched alkanes of at least 4 members (excludes halogenated alkanes) is 1. The summed E-state index contributed by atoms with van der Waals surface area (Å²) in [5, 5.41) is 0. The molecule has 3 heteroatoms. The van der Waals surface area contributed by atoms with Crippen LogP contribution in [0.4, 0.5) is 0 Å². The number of carbonyl (C=O) groups excluding carboxylic acids is 2. The van der Waals surface area contributed by atoms with E-state index in [0.29, 0.717) is 6.42 Å². The van der Waals surface area contributed by atoms with E-state index >= 15 is 0 Å². The highest BCUT2D eigenvalue weighted by Gasteiger charge is 2.21. The van der Waals surface area contributed by atoms with Crippen LogP contribution in [-0.2, 0) is 9.59 Å². The third-order valence-electron chi connectivity index (χ3n) is 2.76. The van der Waals surface area contributed by atoms with Gasteiger partial charge in [0.15, 0.2) is 0 Å². The highest BCUT2D eigenvalue weighted by Crippen LogP contribution is 2.16. The molecule has 0 atom stereocenters. The number of rotatable bonds is 4. The molecule has 1 radical (unpaired) electrons. The number of likely N-dealkylation sites (tertiary alicyclic amines) is 1. The Bertz CT molecular complexity index is 195. The fourth-order valence-electron chi connectivity index (χ4n) is 1.73. The first-order valence-corrected chi connectivity index (χ1v) is 5.43. The van der Waals surface area contributed by atoms with Crippen LogP contribution in [0.2, 0.25) is 0 Å². The minimum absolute atomic E-state index is 0.0604. The standard InChI is InChI=1S/C11H18NO2/c1-2-3-4-11(14)12-7-5-10(9-13)6-8-12/h10H,2-8H2,1H3. The van der Waals surface area contributed by atoms with Gasteiger partial charge in [0.25, 0.3) is 0 Å². The summed E-state index contributed by atoms with van der Waals surface area (Å²) in [5.41, 5.74) is 0. The lowest BCUT2D eigenvalue weighted by atomic mass is 9.98. The second kappa shape index (κ2) is 5.78. The maximum Gasteiger partial charge on any atom is 0.222 e. The molecule has 1 aliphatic heterocycles. The molecule has 14 heavy (non-hydrogen) atoms. The van der Waals surface area contributed by atoms with Gasteiger partial charge in [0, 0.05) is 25.4 Å². The summed E-state index contributed by atoms with van der Waals surface area (Å²) < 4.78 is 0. The summed E-state index contributed by atoms with van der Waals surface area (Å²) in [7, 11) is 0. The average Bonchev–Trinajstić information content (AvgIpc) is 2.26. The van der Waals surface area contributed by atoms with Crippen LogP contribution in [0.15, 0.2) is 0 Å². The SMILES string of the molecule is CCCCC(=O)N1CCC([C]=O)CC1. The molecule has 0 saturated carbocycles. The number of hydrogen-bond donors (Lipinski definition) is 0. The molecule has 1 heterocycles. The summed E-state index contributed by atoms with van der Waals surface area (Å²) in [6.45, 7) is 3.56. The molecule has 1 fully saturated rings. The number of amides is 1. The largest absolute Gasteiger partial charge is 0.343 e. The Hall–Kier alpha value is -0.860. The Kier molecular flexibility index (Phi) is 4.63. The lowest BCUT2D eigenvalue weighted by Crippen LogP contribution is -2.38. The fraction of sp³-hybridized carbons (Fsp3) is 0.818. The van der Waals surface area contributed by atoms with E-state index in [2.05, 4.69) is 6.92 Å². The Morgan fingerprint density at radius 3 is 2.57 bits per heavy atom. The van der Waals surface area contributed by atoms with Crippen molar-refractivity contribution in [2.24, 2.45) is 5.92 Å². The third-order valence-corrected chi connectivity index (χ3v) is 2.76. The van der Waals surface area contributed by atoms with Crippen molar-refractivity contribution in [1.29, 1.82) is 0 Å². The summed E-state index contributed by atoms with van der Waals surface area (Å²) in [5.74, 6) is 0.307. The average molecular weight is 196 g/mol. The van der Waals surface area contributed by atoms with Crippen LogP contribution < -0.4 is 0 Å². The van der Waals surface area contributed by atoms with Crippen molar-refractivity contribution in [2.75, 3.05) is 13.1 Å². The molecule has 0 aliphatic carbocycles. The second-order valence-electron chi connectivity index (χ2n) is 3.88. The van der Waals surface area contributed by atoms with Crippen molar-refractivity contribution in [3.05, 3.63) is 0 Å². The van der Waals surface area contributed by atoms with Crippen molar-refractivity contribution in [3.8, 4) is 0 Å². The molecular weight excluding hydrogens is 178 g/mol. The quantitative estimate of drug-likeness (QED) is 0.683. The molecule has 1 aliphatic rings. The van der Waals surface area contributed by atoms with E-state index in [1.54, 1.807) is 0 Å². The zero-order valence-electron chi connectivity index (χ0n) is 8.79. The minimum Gasteiger partial charge on any atom is -0.343 e. The molecule has 0 aromatic heterocycles. The summed E-state index contributed by atoms with van der Waals surface area (Å²) in [6, 6.07) is 0. The van der Waals surface area contributed by atoms with E-state index in [0.717, 1.165) is 38.8 Å². The molecule has 0 unspecified atom stereocenters. The zero-order valence-corrected chi connectivity index (χ0v) is 8.79. The van der Waals surface area contributed by atoms with Gasteiger partial charge in [-0.25, -0.2) is 0 Å². The van der Waals surface area contributed by atoms with Crippen molar-refractivity contribution in [2.45, 2.75) is 39.0 Å². The maximum atomic E-state index is 11.6. The van der Waals surface area contributed by atoms with E-state index in [1.807, 2.05) is 11.2 Å². The normalized spacial score (nSPS) is 18.2. The zero-order chi connectivity index (χ0) is 10.4. The van der Waals surface area contributed by atoms with Gasteiger partial charge in [-0.3, -0.25) is 9.59 Å². The monoisotopic (exact) mass is 196 g/mol. The molecular formula is C11H18NO2. The van der Waals surface area contributed by atoms with Crippen LogP contribution in [0.5, 0.6) is 0 Å². The Balaban J connectivity index is 2.26. The van der Waals surface area contributed by atoms with E-state index < -0.39 is 0 Å². The molecule has 0 aromatic carbocycles. The van der Waals surface area contributed by atoms with Gasteiger partial charge >= 0.3 is 0 Å². The number of carbonyl (C=O) groups is 1. The maximum absolute atomic E-state index is 11.6. The third kappa shape index (κ3) is 3.13. The van der Waals surface area contributed by atoms with Gasteiger partial charge in [-0.05, 0) is 19.3 Å². The Morgan fingerprint density at radius 2 is 2.07 bits per heavy atom. The molecule has 1 saturated heterocycles. The Morgan fingerprint density at radius 1 is 1.43 bits per heavy atom. The first kappa shape index (κ1) is 11.2. The molecule has 0 aromatic rings. The van der Waals surface area contributed by atoms with Crippen LogP contribution in [0.3, 0.4) is 0 Å². The topological polar surface area (TPSA) is 37.4 Å². The van der Waals surface area contributed by atoms with Crippen molar-refractivity contribution >= 4 is 12.2 Å². The summed E-state index contributed by atoms with van der Waals surface area (Å²) >= 11 is 0. The van der Waals surface area contributed by atoms with E-state index in [1.165, 1.54) is 0 Å². The van der Waals surface area contributed by atoms with Gasteiger partial charge in [0.05, 0.1) is 0 Å². The van der Waals surface area contributed by atoms with Crippen LogP contribution in [0.25, 0.3) is 0 Å². The number of hydrogen-bond acceptors (Lipinski definition) is 2. The lowest BCUT2D eigenvalue weighted by Gasteiger charge is -2.29. The molecule has 1 rings (SSSR count). The summed E-state index contributed by atoms with van der Waals surface area (Å²) in [4.78, 5) is 23.8. The smallest absolute Gasteiger partial charge is 0.222 e. The molecule has 0 N–H and O–H groups in total. The first-order valence-electron chi connectivity index (χ1n) is 5.43. The molecule has 0 bridgehead atoms. The highest BCUT2D eigenvalue weighted by atomic mass is 16.2. The van der Waals surface area contributed by atoms with Gasteiger partial charge in [-0.2, -0.15) is 0 Å². The van der Waals surface area contributed by atoms with E-state index in [-0.39, 0.29) is 11.8 Å². The molecule has 79 valence electrons. The van der Waals surface area contributed by atoms with Crippen molar-refractivity contribution in [1.82, 2.24) is 4.90 Å². The van der Waals surface area contributed by atoms with Gasteiger partial charge in [-0.15, -0.1) is 0 Å². The summed E-state index contributed by atoms with van der Waals surface area (Å²) in [6.07, 6.45) is 6.29. The predicted octanol–water partition coefficient (Wildman–Crippen LogP) is 1.52. The predicted molar refractivity (Wildman–Crippen MR) is 54.5 cm³/mol. The van der Waals surface area contributed by atoms with Crippen LogP contribution >= 0.6 is 0 Å². The van der Waals surface area contributed by atoms with Crippen LogP contribution in [-0.4, -0.2) is 30.2 Å². The molecule has 1 amide bonds. The van der Waals surface area contributed by atoms with Crippen molar-refractivity contribution in [3.63, 3.8) is 0 Å². The van der Waals surface area contributed by atoms with Gasteiger partial charge < -0.3 is 4.90 Å². The first-order chi connectivity index (χ1) is 6.77. The Labute approximate surface area is 85.5 Å². The van der Waals surface area contributed by atoms with Crippen LogP contribution in [0.1, 0.15) is 39.0 Å². The number of piperidine rings is 1. The fourth-order valence-corrected chi connectivity index (χ4v) is 1.73. The molecule has 3 nitrogen and oxygen atoms in total. The highest BCUT2D eigenvalue weighted by molar-refractivity contribution is 5.76. The van der Waals surface area contributed by atoms with E-state index in [4.69, 9.17) is 0 Å². The van der Waals surface area contributed by atoms with Crippen LogP contribution in [0, 0.1) is 5.92 Å². The second-order valence-corrected chi connectivity index (χ2v) is 3.88. The van der Waals surface area contributed by atoms with Gasteiger partial charge in [-0.1, -0.05) is 13.3 Å². The molecule has 0 spiro atoms. The van der Waals surface area contributed by atoms with Gasteiger partial charge in [0.2, 0.25) is 12.2 Å².